The fourth-order valence-corrected chi connectivity index (χ4v) is 1.53. The summed E-state index contributed by atoms with van der Waals surface area (Å²) < 4.78 is 5.14. The summed E-state index contributed by atoms with van der Waals surface area (Å²) in [6.07, 6.45) is 0.651. The van der Waals surface area contributed by atoms with Gasteiger partial charge < -0.3 is 10.5 Å². The summed E-state index contributed by atoms with van der Waals surface area (Å²) in [5.41, 5.74) is 6.33. The molecule has 82 valence electrons. The van der Waals surface area contributed by atoms with Gasteiger partial charge in [0.25, 0.3) is 0 Å². The molecule has 0 aliphatic rings. The lowest BCUT2D eigenvalue weighted by Crippen LogP contribution is -2.25. The van der Waals surface area contributed by atoms with Crippen LogP contribution in [0.15, 0.2) is 30.3 Å². The Bertz CT molecular complexity index is 311. The van der Waals surface area contributed by atoms with Crippen molar-refractivity contribution in [2.75, 3.05) is 7.11 Å². The van der Waals surface area contributed by atoms with Crippen LogP contribution in [-0.4, -0.2) is 19.1 Å². The maximum absolute atomic E-state index is 11.3. The number of rotatable bonds is 5. The van der Waals surface area contributed by atoms with Gasteiger partial charge in [0.15, 0.2) is 0 Å². The molecule has 2 unspecified atom stereocenters. The van der Waals surface area contributed by atoms with Gasteiger partial charge in [-0.2, -0.15) is 0 Å². The van der Waals surface area contributed by atoms with E-state index in [1.165, 1.54) is 0 Å². The second kappa shape index (κ2) is 5.51. The number of benzene rings is 1. The number of primary amides is 1. The predicted octanol–water partition coefficient (Wildman–Crippen LogP) is 1.68. The van der Waals surface area contributed by atoms with E-state index in [4.69, 9.17) is 10.5 Å². The zero-order chi connectivity index (χ0) is 11.3. The quantitative estimate of drug-likeness (QED) is 0.798. The van der Waals surface area contributed by atoms with Gasteiger partial charge in [-0.25, -0.2) is 0 Å². The Morgan fingerprint density at radius 2 is 2.00 bits per heavy atom. The van der Waals surface area contributed by atoms with E-state index in [-0.39, 0.29) is 17.9 Å². The molecule has 0 saturated carbocycles. The van der Waals surface area contributed by atoms with Crippen LogP contribution >= 0.6 is 0 Å². The van der Waals surface area contributed by atoms with Crippen molar-refractivity contribution in [2.45, 2.75) is 25.4 Å². The van der Waals surface area contributed by atoms with Crippen molar-refractivity contribution in [1.29, 1.82) is 0 Å². The second-order valence-corrected chi connectivity index (χ2v) is 3.65. The summed E-state index contributed by atoms with van der Waals surface area (Å²) in [6, 6.07) is 9.56. The van der Waals surface area contributed by atoms with Crippen molar-refractivity contribution in [3.8, 4) is 0 Å². The number of carbonyl (C=O) groups is 1. The fourth-order valence-electron chi connectivity index (χ4n) is 1.53. The summed E-state index contributed by atoms with van der Waals surface area (Å²) >= 11 is 0. The van der Waals surface area contributed by atoms with Crippen molar-refractivity contribution in [2.24, 2.45) is 5.73 Å². The van der Waals surface area contributed by atoms with Crippen molar-refractivity contribution in [1.82, 2.24) is 0 Å². The van der Waals surface area contributed by atoms with Crippen molar-refractivity contribution >= 4 is 5.91 Å². The molecule has 1 amide bonds. The highest BCUT2D eigenvalue weighted by atomic mass is 16.5. The minimum absolute atomic E-state index is 0.0303. The molecule has 0 aliphatic carbocycles. The molecule has 0 saturated heterocycles. The zero-order valence-corrected chi connectivity index (χ0v) is 9.14. The topological polar surface area (TPSA) is 52.3 Å². The van der Waals surface area contributed by atoms with E-state index in [1.54, 1.807) is 7.11 Å². The summed E-state index contributed by atoms with van der Waals surface area (Å²) in [5, 5.41) is 0. The van der Waals surface area contributed by atoms with Gasteiger partial charge in [0, 0.05) is 7.11 Å². The summed E-state index contributed by atoms with van der Waals surface area (Å²) in [4.78, 5) is 11.3. The molecule has 2 atom stereocenters. The van der Waals surface area contributed by atoms with Gasteiger partial charge in [-0.15, -0.1) is 0 Å². The van der Waals surface area contributed by atoms with Crippen LogP contribution in [-0.2, 0) is 9.53 Å². The third-order valence-corrected chi connectivity index (χ3v) is 2.52. The van der Waals surface area contributed by atoms with E-state index in [0.29, 0.717) is 6.42 Å². The van der Waals surface area contributed by atoms with Gasteiger partial charge in [-0.1, -0.05) is 30.3 Å². The zero-order valence-electron chi connectivity index (χ0n) is 9.14. The standard InChI is InChI=1S/C12H17NO2/c1-9(15-2)8-11(12(13)14)10-6-4-3-5-7-10/h3-7,9,11H,8H2,1-2H3,(H2,13,14). The highest BCUT2D eigenvalue weighted by molar-refractivity contribution is 5.81. The van der Waals surface area contributed by atoms with Crippen molar-refractivity contribution in [3.05, 3.63) is 35.9 Å². The third-order valence-electron chi connectivity index (χ3n) is 2.52. The fraction of sp³-hybridized carbons (Fsp3) is 0.417. The van der Waals surface area contributed by atoms with E-state index in [1.807, 2.05) is 37.3 Å². The lowest BCUT2D eigenvalue weighted by molar-refractivity contribution is -0.120. The Hall–Kier alpha value is -1.35. The number of carbonyl (C=O) groups excluding carboxylic acids is 1. The number of hydrogen-bond acceptors (Lipinski definition) is 2. The maximum atomic E-state index is 11.3. The number of ether oxygens (including phenoxy) is 1. The smallest absolute Gasteiger partial charge is 0.225 e. The molecule has 0 aliphatic heterocycles. The van der Waals surface area contributed by atoms with Crippen LogP contribution in [0.1, 0.15) is 24.8 Å². The predicted molar refractivity (Wildman–Crippen MR) is 59.5 cm³/mol. The first-order valence-electron chi connectivity index (χ1n) is 5.02. The average molecular weight is 207 g/mol. The van der Waals surface area contributed by atoms with E-state index in [0.717, 1.165) is 5.56 Å². The lowest BCUT2D eigenvalue weighted by atomic mass is 9.93. The highest BCUT2D eigenvalue weighted by Crippen LogP contribution is 2.21. The Morgan fingerprint density at radius 3 is 2.47 bits per heavy atom. The highest BCUT2D eigenvalue weighted by Gasteiger charge is 2.20. The normalized spacial score (nSPS) is 14.5. The molecule has 3 nitrogen and oxygen atoms in total. The van der Waals surface area contributed by atoms with E-state index >= 15 is 0 Å². The summed E-state index contributed by atoms with van der Waals surface area (Å²) in [7, 11) is 1.63. The van der Waals surface area contributed by atoms with E-state index in [9.17, 15) is 4.79 Å². The lowest BCUT2D eigenvalue weighted by Gasteiger charge is -2.17. The SMILES string of the molecule is COC(C)CC(C(N)=O)c1ccccc1. The number of hydrogen-bond donors (Lipinski definition) is 1. The van der Waals surface area contributed by atoms with Crippen LogP contribution in [0.5, 0.6) is 0 Å². The summed E-state index contributed by atoms with van der Waals surface area (Å²) in [6.45, 7) is 1.93. The minimum Gasteiger partial charge on any atom is -0.382 e. The van der Waals surface area contributed by atoms with Gasteiger partial charge in [-0.3, -0.25) is 4.79 Å². The van der Waals surface area contributed by atoms with Crippen molar-refractivity contribution in [3.63, 3.8) is 0 Å². The molecule has 0 fully saturated rings. The first kappa shape index (κ1) is 11.7. The molecule has 15 heavy (non-hydrogen) atoms. The van der Waals surface area contributed by atoms with Crippen LogP contribution in [0.3, 0.4) is 0 Å². The van der Waals surface area contributed by atoms with Crippen LogP contribution in [0.25, 0.3) is 0 Å². The molecule has 0 aromatic heterocycles. The summed E-state index contributed by atoms with van der Waals surface area (Å²) in [5.74, 6) is -0.564. The first-order valence-corrected chi connectivity index (χ1v) is 5.02. The third kappa shape index (κ3) is 3.36. The Labute approximate surface area is 90.2 Å². The minimum atomic E-state index is -0.301. The Kier molecular flexibility index (Phi) is 4.31. The Morgan fingerprint density at radius 1 is 1.40 bits per heavy atom. The molecule has 0 radical (unpaired) electrons. The molecule has 3 heteroatoms. The van der Waals surface area contributed by atoms with Gasteiger partial charge in [0.2, 0.25) is 5.91 Å². The van der Waals surface area contributed by atoms with Gasteiger partial charge in [0.05, 0.1) is 12.0 Å². The van der Waals surface area contributed by atoms with Gasteiger partial charge >= 0.3 is 0 Å². The average Bonchev–Trinajstić information content (AvgIpc) is 2.26. The van der Waals surface area contributed by atoms with Crippen LogP contribution in [0, 0.1) is 0 Å². The van der Waals surface area contributed by atoms with Gasteiger partial charge in [0.1, 0.15) is 0 Å². The molecule has 0 heterocycles. The van der Waals surface area contributed by atoms with Crippen LogP contribution < -0.4 is 5.73 Å². The van der Waals surface area contributed by atoms with Crippen LogP contribution in [0.4, 0.5) is 0 Å². The monoisotopic (exact) mass is 207 g/mol. The molecule has 0 bridgehead atoms. The largest absolute Gasteiger partial charge is 0.382 e. The number of amides is 1. The second-order valence-electron chi connectivity index (χ2n) is 3.65. The molecular weight excluding hydrogens is 190 g/mol. The molecular formula is C12H17NO2. The van der Waals surface area contributed by atoms with Gasteiger partial charge in [-0.05, 0) is 18.9 Å². The molecule has 1 aromatic rings. The molecule has 2 N–H and O–H groups in total. The molecule has 1 aromatic carbocycles. The van der Waals surface area contributed by atoms with E-state index in [2.05, 4.69) is 0 Å². The first-order chi connectivity index (χ1) is 7.15. The Balaban J connectivity index is 2.80. The maximum Gasteiger partial charge on any atom is 0.225 e. The molecule has 0 spiro atoms. The number of methoxy groups -OCH3 is 1. The van der Waals surface area contributed by atoms with E-state index < -0.39 is 0 Å². The van der Waals surface area contributed by atoms with Crippen LogP contribution in [0.2, 0.25) is 0 Å². The number of nitrogens with two attached hydrogens (primary N) is 1. The van der Waals surface area contributed by atoms with Crippen molar-refractivity contribution < 1.29 is 9.53 Å². The molecule has 1 rings (SSSR count).